The van der Waals surface area contributed by atoms with E-state index in [2.05, 4.69) is 0 Å². The average Bonchev–Trinajstić information content (AvgIpc) is 2.45. The van der Waals surface area contributed by atoms with Gasteiger partial charge in [-0.25, -0.2) is 13.6 Å². The summed E-state index contributed by atoms with van der Waals surface area (Å²) in [4.78, 5) is 1.71. The summed E-state index contributed by atoms with van der Waals surface area (Å²) in [5.74, 6) is 0.719. The number of hydrogen-bond donors (Lipinski definition) is 2. The van der Waals surface area contributed by atoms with Gasteiger partial charge in [0.1, 0.15) is 10.6 Å². The number of nitrogens with zero attached hydrogens (tertiary/aromatic N) is 1. The highest BCUT2D eigenvalue weighted by Crippen LogP contribution is 2.31. The lowest BCUT2D eigenvalue weighted by Gasteiger charge is -2.22. The summed E-state index contributed by atoms with van der Waals surface area (Å²) in [6, 6.07) is 11.8. The Kier molecular flexibility index (Phi) is 4.06. The maximum atomic E-state index is 11.7. The number of hydrogen-bond acceptors (Lipinski definition) is 5. The standard InChI is InChI=1S/C14H17N3O3S/c1-17(11-4-6-12(20-2)7-5-11)13-8-3-10(15)9-14(13)21(16,18)19/h3-9H,15H2,1-2H3,(H2,16,18,19). The highest BCUT2D eigenvalue weighted by Gasteiger charge is 2.18. The molecule has 2 rings (SSSR count). The zero-order valence-electron chi connectivity index (χ0n) is 11.8. The largest absolute Gasteiger partial charge is 0.497 e. The van der Waals surface area contributed by atoms with Crippen LogP contribution in [0.5, 0.6) is 5.75 Å². The molecular formula is C14H17N3O3S. The van der Waals surface area contributed by atoms with Crippen LogP contribution in [-0.4, -0.2) is 22.6 Å². The lowest BCUT2D eigenvalue weighted by molar-refractivity contribution is 0.415. The van der Waals surface area contributed by atoms with E-state index in [1.54, 1.807) is 43.3 Å². The van der Waals surface area contributed by atoms with Gasteiger partial charge in [-0.05, 0) is 42.5 Å². The Morgan fingerprint density at radius 1 is 1.10 bits per heavy atom. The molecule has 21 heavy (non-hydrogen) atoms. The number of primary sulfonamides is 1. The van der Waals surface area contributed by atoms with Crippen molar-refractivity contribution in [3.8, 4) is 5.75 Å². The average molecular weight is 307 g/mol. The molecule has 2 aromatic rings. The minimum absolute atomic E-state index is 0.0131. The van der Waals surface area contributed by atoms with E-state index >= 15 is 0 Å². The van der Waals surface area contributed by atoms with E-state index in [0.29, 0.717) is 11.4 Å². The predicted octanol–water partition coefficient (Wildman–Crippen LogP) is 1.69. The van der Waals surface area contributed by atoms with Crippen molar-refractivity contribution in [2.24, 2.45) is 5.14 Å². The Hall–Kier alpha value is -2.25. The van der Waals surface area contributed by atoms with Crippen LogP contribution in [0, 0.1) is 0 Å². The van der Waals surface area contributed by atoms with Gasteiger partial charge in [-0.1, -0.05) is 0 Å². The van der Waals surface area contributed by atoms with Crippen molar-refractivity contribution >= 4 is 27.1 Å². The van der Waals surface area contributed by atoms with E-state index in [-0.39, 0.29) is 4.90 Å². The first-order valence-corrected chi connectivity index (χ1v) is 7.67. The van der Waals surface area contributed by atoms with Gasteiger partial charge in [0, 0.05) is 18.4 Å². The molecule has 0 saturated heterocycles. The van der Waals surface area contributed by atoms with Gasteiger partial charge in [-0.2, -0.15) is 0 Å². The van der Waals surface area contributed by atoms with Gasteiger partial charge in [-0.15, -0.1) is 0 Å². The maximum absolute atomic E-state index is 11.7. The Labute approximate surface area is 124 Å². The van der Waals surface area contributed by atoms with Crippen molar-refractivity contribution in [2.75, 3.05) is 24.8 Å². The second-order valence-corrected chi connectivity index (χ2v) is 6.06. The molecule has 0 spiro atoms. The van der Waals surface area contributed by atoms with Crippen molar-refractivity contribution in [3.05, 3.63) is 42.5 Å². The Morgan fingerprint density at radius 3 is 2.24 bits per heavy atom. The van der Waals surface area contributed by atoms with Crippen molar-refractivity contribution in [1.82, 2.24) is 0 Å². The quantitative estimate of drug-likeness (QED) is 0.838. The van der Waals surface area contributed by atoms with E-state index in [4.69, 9.17) is 15.6 Å². The lowest BCUT2D eigenvalue weighted by Crippen LogP contribution is -2.19. The van der Waals surface area contributed by atoms with E-state index in [1.165, 1.54) is 6.07 Å². The molecule has 0 aliphatic heterocycles. The van der Waals surface area contributed by atoms with Crippen molar-refractivity contribution in [3.63, 3.8) is 0 Å². The fraction of sp³-hybridized carbons (Fsp3) is 0.143. The highest BCUT2D eigenvalue weighted by molar-refractivity contribution is 7.89. The van der Waals surface area contributed by atoms with Crippen LogP contribution >= 0.6 is 0 Å². The maximum Gasteiger partial charge on any atom is 0.240 e. The molecule has 0 fully saturated rings. The number of methoxy groups -OCH3 is 1. The molecule has 0 atom stereocenters. The van der Waals surface area contributed by atoms with E-state index in [0.717, 1.165) is 11.4 Å². The molecule has 0 heterocycles. The molecular weight excluding hydrogens is 290 g/mol. The van der Waals surface area contributed by atoms with Crippen LogP contribution in [0.25, 0.3) is 0 Å². The molecule has 0 aliphatic rings. The molecule has 0 amide bonds. The first-order chi connectivity index (χ1) is 9.82. The van der Waals surface area contributed by atoms with Crippen molar-refractivity contribution in [2.45, 2.75) is 4.90 Å². The van der Waals surface area contributed by atoms with Gasteiger partial charge >= 0.3 is 0 Å². The molecule has 112 valence electrons. The third-order valence-corrected chi connectivity index (χ3v) is 4.05. The van der Waals surface area contributed by atoms with Gasteiger partial charge < -0.3 is 15.4 Å². The minimum atomic E-state index is -3.87. The minimum Gasteiger partial charge on any atom is -0.497 e. The molecule has 0 unspecified atom stereocenters. The molecule has 0 radical (unpaired) electrons. The first kappa shape index (κ1) is 15.1. The Morgan fingerprint density at radius 2 is 1.71 bits per heavy atom. The zero-order valence-corrected chi connectivity index (χ0v) is 12.6. The van der Waals surface area contributed by atoms with Crippen LogP contribution in [-0.2, 0) is 10.0 Å². The molecule has 0 aliphatic carbocycles. The van der Waals surface area contributed by atoms with E-state index < -0.39 is 10.0 Å². The molecule has 4 N–H and O–H groups in total. The highest BCUT2D eigenvalue weighted by atomic mass is 32.2. The number of rotatable bonds is 4. The molecule has 7 heteroatoms. The number of benzene rings is 2. The topological polar surface area (TPSA) is 98.7 Å². The molecule has 0 bridgehead atoms. The summed E-state index contributed by atoms with van der Waals surface area (Å²) < 4.78 is 28.5. The van der Waals surface area contributed by atoms with Gasteiger partial charge in [0.25, 0.3) is 0 Å². The molecule has 2 aromatic carbocycles. The van der Waals surface area contributed by atoms with Crippen molar-refractivity contribution < 1.29 is 13.2 Å². The predicted molar refractivity (Wildman–Crippen MR) is 83.3 cm³/mol. The van der Waals surface area contributed by atoms with Crippen LogP contribution < -0.4 is 20.5 Å². The summed E-state index contributed by atoms with van der Waals surface area (Å²) in [5.41, 5.74) is 7.24. The van der Waals surface area contributed by atoms with E-state index in [9.17, 15) is 8.42 Å². The van der Waals surface area contributed by atoms with Crippen LogP contribution in [0.1, 0.15) is 0 Å². The summed E-state index contributed by atoms with van der Waals surface area (Å²) in [6.45, 7) is 0. The lowest BCUT2D eigenvalue weighted by atomic mass is 10.2. The Bertz CT molecular complexity index is 743. The van der Waals surface area contributed by atoms with Gasteiger partial charge in [0.2, 0.25) is 10.0 Å². The number of nitrogen functional groups attached to an aromatic ring is 1. The summed E-state index contributed by atoms with van der Waals surface area (Å²) in [5, 5.41) is 5.26. The summed E-state index contributed by atoms with van der Waals surface area (Å²) in [7, 11) is -0.535. The monoisotopic (exact) mass is 307 g/mol. The van der Waals surface area contributed by atoms with E-state index in [1.807, 2.05) is 12.1 Å². The van der Waals surface area contributed by atoms with Gasteiger partial charge in [-0.3, -0.25) is 0 Å². The number of nitrogens with two attached hydrogens (primary N) is 2. The number of ether oxygens (including phenoxy) is 1. The van der Waals surface area contributed by atoms with Crippen LogP contribution in [0.4, 0.5) is 17.1 Å². The first-order valence-electron chi connectivity index (χ1n) is 6.13. The zero-order chi connectivity index (χ0) is 15.6. The number of sulfonamides is 1. The van der Waals surface area contributed by atoms with Gasteiger partial charge in [0.15, 0.2) is 0 Å². The normalized spacial score (nSPS) is 11.2. The molecule has 0 saturated carbocycles. The second-order valence-electron chi connectivity index (χ2n) is 4.53. The third kappa shape index (κ3) is 3.26. The fourth-order valence-corrected chi connectivity index (χ4v) is 2.78. The molecule has 6 nitrogen and oxygen atoms in total. The van der Waals surface area contributed by atoms with Crippen molar-refractivity contribution in [1.29, 1.82) is 0 Å². The summed E-state index contributed by atoms with van der Waals surface area (Å²) in [6.07, 6.45) is 0. The number of anilines is 3. The third-order valence-electron chi connectivity index (χ3n) is 3.11. The van der Waals surface area contributed by atoms with Crippen LogP contribution in [0.3, 0.4) is 0 Å². The van der Waals surface area contributed by atoms with Crippen LogP contribution in [0.2, 0.25) is 0 Å². The fourth-order valence-electron chi connectivity index (χ4n) is 1.98. The smallest absolute Gasteiger partial charge is 0.240 e. The van der Waals surface area contributed by atoms with Gasteiger partial charge in [0.05, 0.1) is 12.8 Å². The Balaban J connectivity index is 2.50. The van der Waals surface area contributed by atoms with Crippen LogP contribution in [0.15, 0.2) is 47.4 Å². The molecule has 0 aromatic heterocycles. The summed E-state index contributed by atoms with van der Waals surface area (Å²) >= 11 is 0. The second kappa shape index (κ2) is 5.63. The SMILES string of the molecule is COc1ccc(N(C)c2ccc(N)cc2S(N)(=O)=O)cc1.